The molecule has 1 aliphatic carbocycles. The maximum atomic E-state index is 11.1. The third-order valence-corrected chi connectivity index (χ3v) is 3.45. The minimum Gasteiger partial charge on any atom is -0.490 e. The molecule has 1 aromatic rings. The third-order valence-electron chi connectivity index (χ3n) is 2.53. The van der Waals surface area contributed by atoms with Crippen molar-refractivity contribution in [1.82, 2.24) is 0 Å². The number of ether oxygens (including phenoxy) is 1. The first-order valence-corrected chi connectivity index (χ1v) is 7.62. The van der Waals surface area contributed by atoms with Gasteiger partial charge < -0.3 is 9.84 Å². The van der Waals surface area contributed by atoms with Crippen LogP contribution in [0.5, 0.6) is 5.75 Å². The number of hydrogen-bond acceptors (Lipinski definition) is 4. The van der Waals surface area contributed by atoms with Crippen LogP contribution in [0.25, 0.3) is 0 Å². The van der Waals surface area contributed by atoms with E-state index < -0.39 is 15.9 Å². The van der Waals surface area contributed by atoms with Gasteiger partial charge in [0.2, 0.25) is 0 Å². The number of aliphatic hydroxyl groups is 1. The van der Waals surface area contributed by atoms with Gasteiger partial charge in [-0.3, -0.25) is 0 Å². The summed E-state index contributed by atoms with van der Waals surface area (Å²) in [4.78, 5) is 0. The lowest BCUT2D eigenvalue weighted by molar-refractivity contribution is 0.201. The van der Waals surface area contributed by atoms with Crippen molar-refractivity contribution in [1.29, 1.82) is 0 Å². The van der Waals surface area contributed by atoms with Crippen LogP contribution in [0.15, 0.2) is 24.3 Å². The molecule has 1 N–H and O–H groups in total. The molecule has 1 atom stereocenters. The van der Waals surface area contributed by atoms with Crippen LogP contribution in [-0.4, -0.2) is 31.6 Å². The zero-order valence-electron chi connectivity index (χ0n) is 9.67. The molecule has 1 saturated carbocycles. The fourth-order valence-corrected chi connectivity index (χ4v) is 2.32. The second kappa shape index (κ2) is 4.66. The zero-order valence-corrected chi connectivity index (χ0v) is 10.5. The molecule has 1 aliphatic rings. The highest BCUT2D eigenvalue weighted by Gasteiger charge is 2.24. The maximum Gasteiger partial charge on any atom is 0.150 e. The molecular weight excluding hydrogens is 240 g/mol. The van der Waals surface area contributed by atoms with Gasteiger partial charge >= 0.3 is 0 Å². The van der Waals surface area contributed by atoms with Gasteiger partial charge in [-0.2, -0.15) is 0 Å². The Bertz CT molecular complexity index is 491. The van der Waals surface area contributed by atoms with Crippen molar-refractivity contribution >= 4 is 9.84 Å². The van der Waals surface area contributed by atoms with Gasteiger partial charge in [0.15, 0.2) is 0 Å². The summed E-state index contributed by atoms with van der Waals surface area (Å²) in [6.45, 7) is 0. The van der Waals surface area contributed by atoms with E-state index in [0.717, 1.165) is 19.1 Å². The summed E-state index contributed by atoms with van der Waals surface area (Å²) < 4.78 is 27.8. The molecule has 0 bridgehead atoms. The summed E-state index contributed by atoms with van der Waals surface area (Å²) in [5.41, 5.74) is 0.577. The monoisotopic (exact) mass is 256 g/mol. The summed E-state index contributed by atoms with van der Waals surface area (Å²) in [6, 6.07) is 6.98. The Kier molecular flexibility index (Phi) is 3.40. The smallest absolute Gasteiger partial charge is 0.150 e. The molecule has 4 nitrogen and oxygen atoms in total. The van der Waals surface area contributed by atoms with Gasteiger partial charge in [-0.1, -0.05) is 12.1 Å². The van der Waals surface area contributed by atoms with E-state index in [4.69, 9.17) is 4.74 Å². The highest BCUT2D eigenvalue weighted by atomic mass is 32.2. The van der Waals surface area contributed by atoms with E-state index in [2.05, 4.69) is 0 Å². The molecule has 5 heteroatoms. The van der Waals surface area contributed by atoms with Crippen molar-refractivity contribution in [3.05, 3.63) is 29.8 Å². The van der Waals surface area contributed by atoms with Crippen LogP contribution in [-0.2, 0) is 9.84 Å². The third kappa shape index (κ3) is 4.02. The van der Waals surface area contributed by atoms with Crippen molar-refractivity contribution in [3.8, 4) is 5.75 Å². The molecule has 1 unspecified atom stereocenters. The van der Waals surface area contributed by atoms with E-state index in [1.54, 1.807) is 18.2 Å². The van der Waals surface area contributed by atoms with Crippen LogP contribution in [0, 0.1) is 0 Å². The Balaban J connectivity index is 2.08. The highest BCUT2D eigenvalue weighted by molar-refractivity contribution is 7.90. The number of sulfone groups is 1. The molecule has 0 saturated heterocycles. The minimum absolute atomic E-state index is 0.264. The van der Waals surface area contributed by atoms with Crippen LogP contribution in [0.4, 0.5) is 0 Å². The summed E-state index contributed by atoms with van der Waals surface area (Å²) >= 11 is 0. The van der Waals surface area contributed by atoms with E-state index in [1.807, 2.05) is 6.07 Å². The van der Waals surface area contributed by atoms with Crippen LogP contribution in [0.3, 0.4) is 0 Å². The van der Waals surface area contributed by atoms with Gasteiger partial charge in [0.1, 0.15) is 15.6 Å². The van der Waals surface area contributed by atoms with Gasteiger partial charge in [-0.15, -0.1) is 0 Å². The first-order valence-electron chi connectivity index (χ1n) is 5.56. The topological polar surface area (TPSA) is 63.6 Å². The molecule has 0 aromatic heterocycles. The van der Waals surface area contributed by atoms with Crippen LogP contribution in [0.2, 0.25) is 0 Å². The lowest BCUT2D eigenvalue weighted by Gasteiger charge is -2.11. The Hall–Kier alpha value is -1.07. The van der Waals surface area contributed by atoms with Crippen LogP contribution >= 0.6 is 0 Å². The summed E-state index contributed by atoms with van der Waals surface area (Å²) in [6.07, 6.45) is 2.54. The molecular formula is C12H16O4S. The molecule has 0 heterocycles. The first kappa shape index (κ1) is 12.4. The van der Waals surface area contributed by atoms with Gasteiger partial charge in [0.05, 0.1) is 18.0 Å². The summed E-state index contributed by atoms with van der Waals surface area (Å²) in [5, 5.41) is 9.80. The fraction of sp³-hybridized carbons (Fsp3) is 0.500. The normalized spacial score (nSPS) is 17.8. The molecule has 94 valence electrons. The molecule has 1 fully saturated rings. The van der Waals surface area contributed by atoms with Crippen molar-refractivity contribution in [3.63, 3.8) is 0 Å². The minimum atomic E-state index is -3.19. The Morgan fingerprint density at radius 3 is 2.76 bits per heavy atom. The SMILES string of the molecule is CS(=O)(=O)CC(O)c1cccc(OC2CC2)c1. The lowest BCUT2D eigenvalue weighted by atomic mass is 10.1. The number of benzene rings is 1. The lowest BCUT2D eigenvalue weighted by Crippen LogP contribution is -2.12. The highest BCUT2D eigenvalue weighted by Crippen LogP contribution is 2.28. The zero-order chi connectivity index (χ0) is 12.5. The average molecular weight is 256 g/mol. The predicted octanol–water partition coefficient (Wildman–Crippen LogP) is 1.31. The molecule has 2 rings (SSSR count). The average Bonchev–Trinajstić information content (AvgIpc) is 2.99. The largest absolute Gasteiger partial charge is 0.490 e. The van der Waals surface area contributed by atoms with E-state index in [1.165, 1.54) is 0 Å². The van der Waals surface area contributed by atoms with E-state index >= 15 is 0 Å². The molecule has 0 radical (unpaired) electrons. The second-order valence-corrected chi connectivity index (χ2v) is 6.68. The quantitative estimate of drug-likeness (QED) is 0.862. The number of hydrogen-bond donors (Lipinski definition) is 1. The molecule has 0 spiro atoms. The van der Waals surface area contributed by atoms with Gasteiger partial charge in [0.25, 0.3) is 0 Å². The van der Waals surface area contributed by atoms with Crippen LogP contribution < -0.4 is 4.74 Å². The standard InChI is InChI=1S/C12H16O4S/c1-17(14,15)8-12(13)9-3-2-4-11(7-9)16-10-5-6-10/h2-4,7,10,12-13H,5-6,8H2,1H3. The molecule has 0 aliphatic heterocycles. The van der Waals surface area contributed by atoms with E-state index in [9.17, 15) is 13.5 Å². The Labute approximate surface area is 101 Å². The predicted molar refractivity (Wildman–Crippen MR) is 64.8 cm³/mol. The van der Waals surface area contributed by atoms with E-state index in [-0.39, 0.29) is 11.9 Å². The number of rotatable bonds is 5. The van der Waals surface area contributed by atoms with Gasteiger partial charge in [-0.25, -0.2) is 8.42 Å². The number of aliphatic hydroxyl groups excluding tert-OH is 1. The Morgan fingerprint density at radius 1 is 1.47 bits per heavy atom. The second-order valence-electron chi connectivity index (χ2n) is 4.50. The van der Waals surface area contributed by atoms with E-state index in [0.29, 0.717) is 11.3 Å². The van der Waals surface area contributed by atoms with Crippen molar-refractivity contribution < 1.29 is 18.3 Å². The maximum absolute atomic E-state index is 11.1. The molecule has 17 heavy (non-hydrogen) atoms. The molecule has 0 amide bonds. The van der Waals surface area contributed by atoms with Crippen LogP contribution in [0.1, 0.15) is 24.5 Å². The van der Waals surface area contributed by atoms with Crippen molar-refractivity contribution in [2.75, 3.05) is 12.0 Å². The van der Waals surface area contributed by atoms with Crippen molar-refractivity contribution in [2.45, 2.75) is 25.0 Å². The first-order chi connectivity index (χ1) is 7.94. The summed E-state index contributed by atoms with van der Waals surface area (Å²) in [7, 11) is -3.19. The Morgan fingerprint density at radius 2 is 2.18 bits per heavy atom. The van der Waals surface area contributed by atoms with Gasteiger partial charge in [-0.05, 0) is 30.5 Å². The summed E-state index contributed by atoms with van der Waals surface area (Å²) in [5.74, 6) is 0.428. The van der Waals surface area contributed by atoms with Crippen molar-refractivity contribution in [2.24, 2.45) is 0 Å². The van der Waals surface area contributed by atoms with Gasteiger partial charge in [0, 0.05) is 6.26 Å². The molecule has 1 aromatic carbocycles. The fourth-order valence-electron chi connectivity index (χ4n) is 1.56.